The van der Waals surface area contributed by atoms with Gasteiger partial charge in [0, 0.05) is 68.9 Å². The summed E-state index contributed by atoms with van der Waals surface area (Å²) in [4.78, 5) is 39.4. The van der Waals surface area contributed by atoms with Crippen molar-refractivity contribution in [2.75, 3.05) is 44.2 Å². The van der Waals surface area contributed by atoms with Crippen molar-refractivity contribution in [3.8, 4) is 45.5 Å². The Morgan fingerprint density at radius 1 is 0.577 bits per heavy atom. The van der Waals surface area contributed by atoms with E-state index in [9.17, 15) is 0 Å². The molecule has 23 heteroatoms. The number of hydrogen-bond donors (Lipinski definition) is 1. The number of pyridine rings is 2. The summed E-state index contributed by atoms with van der Waals surface area (Å²) in [6.45, 7) is 3.68. The predicted molar refractivity (Wildman–Crippen MR) is 254 cm³/mol. The van der Waals surface area contributed by atoms with Gasteiger partial charge in [-0.15, -0.1) is 0 Å². The number of aryl methyl sites for hydroxylation is 2. The summed E-state index contributed by atoms with van der Waals surface area (Å²) >= 11 is 0. The molecular weight excluding hydrogens is 927 g/mol. The average molecular weight is 972 g/mol. The quantitative estimate of drug-likeness (QED) is 0.0826. The topological polar surface area (TPSA) is 194 Å². The van der Waals surface area contributed by atoms with E-state index < -0.39 is 34.6 Å². The first-order chi connectivity index (χ1) is 34.3. The van der Waals surface area contributed by atoms with E-state index in [0.29, 0.717) is 40.1 Å². The van der Waals surface area contributed by atoms with Crippen molar-refractivity contribution in [1.82, 2.24) is 64.7 Å². The molecule has 1 N–H and O–H groups in total. The van der Waals surface area contributed by atoms with E-state index in [-0.39, 0.29) is 83.1 Å². The van der Waals surface area contributed by atoms with Crippen molar-refractivity contribution in [1.29, 1.82) is 0 Å². The maximum absolute atomic E-state index is 16.9. The predicted octanol–water partition coefficient (Wildman–Crippen LogP) is 7.59. The van der Waals surface area contributed by atoms with Crippen LogP contribution in [0.5, 0.6) is 23.0 Å². The Balaban J connectivity index is 1.02. The van der Waals surface area contributed by atoms with Gasteiger partial charge < -0.3 is 34.1 Å². The Hall–Kier alpha value is -8.60. The molecule has 0 saturated carbocycles. The molecule has 364 valence electrons. The maximum atomic E-state index is 16.9. The molecule has 0 spiro atoms. The lowest BCUT2D eigenvalue weighted by atomic mass is 10.2. The van der Waals surface area contributed by atoms with Crippen LogP contribution in [0.25, 0.3) is 44.8 Å². The average Bonchev–Trinajstić information content (AvgIpc) is 4.03. The lowest BCUT2D eigenvalue weighted by molar-refractivity contribution is 0.281. The minimum Gasteiger partial charge on any atom is -0.493 e. The number of nitrogens with zero attached hydrogens (tertiary/aromatic N) is 14. The van der Waals surface area contributed by atoms with Crippen molar-refractivity contribution < 1.29 is 36.5 Å². The number of aromatic nitrogens is 12. The lowest BCUT2D eigenvalue weighted by Crippen LogP contribution is -2.34. The molecule has 0 fully saturated rings. The van der Waals surface area contributed by atoms with Crippen molar-refractivity contribution in [3.63, 3.8) is 0 Å². The van der Waals surface area contributed by atoms with Gasteiger partial charge in [0.1, 0.15) is 40.7 Å². The number of methoxy groups -OCH3 is 3. The van der Waals surface area contributed by atoms with Crippen molar-refractivity contribution in [2.24, 2.45) is 14.1 Å². The molecule has 19 nitrogen and oxygen atoms in total. The summed E-state index contributed by atoms with van der Waals surface area (Å²) in [5.41, 5.74) is 3.13. The number of fused-ring (bicyclic) bond motifs is 2. The third-order valence-electron chi connectivity index (χ3n) is 11.1. The Kier molecular flexibility index (Phi) is 13.5. The van der Waals surface area contributed by atoms with E-state index in [2.05, 4.69) is 50.4 Å². The minimum atomic E-state index is -1.04. The second-order valence-corrected chi connectivity index (χ2v) is 16.3. The van der Waals surface area contributed by atoms with Crippen LogP contribution in [0.2, 0.25) is 0 Å². The van der Waals surface area contributed by atoms with Crippen LogP contribution >= 0.6 is 0 Å². The molecule has 0 bridgehead atoms. The van der Waals surface area contributed by atoms with Crippen LogP contribution in [-0.2, 0) is 27.2 Å². The highest BCUT2D eigenvalue weighted by Crippen LogP contribution is 2.42. The number of hydrogen-bond acceptors (Lipinski definition) is 17. The van der Waals surface area contributed by atoms with E-state index in [1.54, 1.807) is 78.8 Å². The summed E-state index contributed by atoms with van der Waals surface area (Å²) in [6.07, 6.45) is 12.7. The van der Waals surface area contributed by atoms with Gasteiger partial charge in [-0.2, -0.15) is 10.2 Å². The highest BCUT2D eigenvalue weighted by Gasteiger charge is 2.30. The standard InChI is InChI=1S/C48H45F4N15O4/c1-26(2)53-12-13-66(39-10-8-31-47(62-39)60-33(20-56-31)27-16-58-64(3)22-27)45-41(49)37(70-7)15-38(44(45)52)71-25-30-19-54-29(18-55-30)24-67(46-42(50)35(68-5)14-36(69-6)43(46)51)40-11-9-32-48(63-40)61-34(21-57-32)28-17-59-65(4)23-28/h8-11,14-23,26,53H,12-13,24-25H2,1-7H3. The normalized spacial score (nSPS) is 11.4. The van der Waals surface area contributed by atoms with Gasteiger partial charge in [0.25, 0.3) is 0 Å². The number of ether oxygens (including phenoxy) is 4. The van der Waals surface area contributed by atoms with Crippen LogP contribution in [0.3, 0.4) is 0 Å². The third-order valence-corrected chi connectivity index (χ3v) is 11.1. The van der Waals surface area contributed by atoms with Gasteiger partial charge in [-0.05, 0) is 24.3 Å². The number of halogens is 4. The van der Waals surface area contributed by atoms with Gasteiger partial charge in [0.2, 0.25) is 0 Å². The summed E-state index contributed by atoms with van der Waals surface area (Å²) in [7, 11) is 7.29. The molecule has 7 heterocycles. The maximum Gasteiger partial charge on any atom is 0.192 e. The van der Waals surface area contributed by atoms with E-state index in [1.165, 1.54) is 49.6 Å². The monoisotopic (exact) mass is 971 g/mol. The molecule has 0 aliphatic heterocycles. The minimum absolute atomic E-state index is 0.0634. The fraction of sp³-hybridized carbons (Fsp3) is 0.250. The molecule has 9 rings (SSSR count). The molecule has 0 atom stereocenters. The van der Waals surface area contributed by atoms with Gasteiger partial charge in [0.15, 0.2) is 57.6 Å². The Bertz CT molecular complexity index is 3370. The van der Waals surface area contributed by atoms with Gasteiger partial charge >= 0.3 is 0 Å². The summed E-state index contributed by atoms with van der Waals surface area (Å²) < 4.78 is 91.0. The lowest BCUT2D eigenvalue weighted by Gasteiger charge is -2.27. The number of anilines is 4. The molecule has 9 aromatic rings. The number of nitrogens with one attached hydrogen (secondary N) is 1. The summed E-state index contributed by atoms with van der Waals surface area (Å²) in [5, 5.41) is 11.7. The van der Waals surface area contributed by atoms with Crippen LogP contribution < -0.4 is 34.1 Å². The van der Waals surface area contributed by atoms with Gasteiger partial charge in [-0.3, -0.25) is 29.3 Å². The van der Waals surface area contributed by atoms with Gasteiger partial charge in [-0.1, -0.05) is 13.8 Å². The largest absolute Gasteiger partial charge is 0.493 e. The van der Waals surface area contributed by atoms with Crippen molar-refractivity contribution >= 4 is 45.3 Å². The molecule has 0 saturated heterocycles. The highest BCUT2D eigenvalue weighted by molar-refractivity contribution is 5.79. The first-order valence-electron chi connectivity index (χ1n) is 21.9. The Morgan fingerprint density at radius 2 is 1.06 bits per heavy atom. The molecule has 7 aromatic heterocycles. The molecule has 71 heavy (non-hydrogen) atoms. The summed E-state index contributed by atoms with van der Waals surface area (Å²) in [5.74, 6) is -5.07. The van der Waals surface area contributed by atoms with Crippen molar-refractivity contribution in [3.05, 3.63) is 121 Å². The zero-order valence-electron chi connectivity index (χ0n) is 39.4. The Morgan fingerprint density at radius 3 is 1.54 bits per heavy atom. The smallest absolute Gasteiger partial charge is 0.192 e. The highest BCUT2D eigenvalue weighted by atomic mass is 19.1. The first kappa shape index (κ1) is 47.5. The molecule has 0 aliphatic rings. The molecule has 0 aliphatic carbocycles. The van der Waals surface area contributed by atoms with Crippen LogP contribution in [0.15, 0.2) is 86.0 Å². The van der Waals surface area contributed by atoms with Crippen molar-refractivity contribution in [2.45, 2.75) is 33.0 Å². The van der Waals surface area contributed by atoms with Crippen LogP contribution in [-0.4, -0.2) is 99.9 Å². The molecule has 0 unspecified atom stereocenters. The summed E-state index contributed by atoms with van der Waals surface area (Å²) in [6, 6.07) is 8.69. The first-order valence-corrected chi connectivity index (χ1v) is 21.9. The molecule has 2 aromatic carbocycles. The van der Waals surface area contributed by atoms with Crippen LogP contribution in [0, 0.1) is 23.3 Å². The molecule has 0 amide bonds. The SMILES string of the molecule is COc1cc(OC)c(F)c(N(Cc2cnc(COc3cc(OC)c(F)c(N(CCNC(C)C)c4ccc5ncc(-c6cnn(C)c6)nc5n4)c3F)cn2)c2ccc3ncc(-c4cnn(C)c4)nc3n2)c1F. The van der Waals surface area contributed by atoms with Crippen LogP contribution in [0.4, 0.5) is 40.6 Å². The zero-order valence-corrected chi connectivity index (χ0v) is 39.4. The van der Waals surface area contributed by atoms with Crippen LogP contribution in [0.1, 0.15) is 25.2 Å². The fourth-order valence-electron chi connectivity index (χ4n) is 7.57. The zero-order chi connectivity index (χ0) is 49.9. The van der Waals surface area contributed by atoms with E-state index in [4.69, 9.17) is 23.9 Å². The van der Waals surface area contributed by atoms with E-state index in [0.717, 1.165) is 12.1 Å². The number of benzene rings is 2. The second-order valence-electron chi connectivity index (χ2n) is 16.3. The number of rotatable bonds is 18. The van der Waals surface area contributed by atoms with E-state index >= 15 is 17.6 Å². The second kappa shape index (κ2) is 20.2. The van der Waals surface area contributed by atoms with Gasteiger partial charge in [0.05, 0.1) is 87.8 Å². The third kappa shape index (κ3) is 9.84. The van der Waals surface area contributed by atoms with E-state index in [1.807, 2.05) is 13.8 Å². The Labute approximate surface area is 403 Å². The van der Waals surface area contributed by atoms with Gasteiger partial charge in [-0.25, -0.2) is 37.5 Å². The molecule has 0 radical (unpaired) electrons. The fourth-order valence-corrected chi connectivity index (χ4v) is 7.57. The molecular formula is C48H45F4N15O4.